The smallest absolute Gasteiger partial charge is 0.159 e. The van der Waals surface area contributed by atoms with Gasteiger partial charge in [0, 0.05) is 11.3 Å². The van der Waals surface area contributed by atoms with Crippen LogP contribution in [0, 0.1) is 39.9 Å². The van der Waals surface area contributed by atoms with Crippen LogP contribution in [0.5, 0.6) is 0 Å². The second kappa shape index (κ2) is 14.1. The van der Waals surface area contributed by atoms with Crippen molar-refractivity contribution in [1.29, 1.82) is 0 Å². The third kappa shape index (κ3) is 6.30. The summed E-state index contributed by atoms with van der Waals surface area (Å²) in [6.45, 7) is 13.6. The zero-order valence-corrected chi connectivity index (χ0v) is 32.3. The SMILES string of the molecule is CCCCCCC12CCC(O)CC1C(=O)C=C1C2CCC2(C)C(C(O)(CCC)C3OC3C(C)(O)C(C)(C)CCC3CCNC(N)C3)CCC12O. The van der Waals surface area contributed by atoms with Crippen molar-refractivity contribution in [3.8, 4) is 0 Å². The molecule has 0 amide bonds. The number of allylic oxidation sites excluding steroid dienone is 1. The fraction of sp³-hybridized carbons (Fsp3) is 0.929. The first-order valence-electron chi connectivity index (χ1n) is 20.8. The van der Waals surface area contributed by atoms with Crippen molar-refractivity contribution in [2.45, 2.75) is 198 Å². The maximum Gasteiger partial charge on any atom is 0.159 e. The van der Waals surface area contributed by atoms with Crippen LogP contribution in [-0.2, 0) is 9.53 Å². The van der Waals surface area contributed by atoms with E-state index in [0.29, 0.717) is 31.6 Å². The topological polar surface area (TPSA) is 149 Å². The Morgan fingerprint density at radius 3 is 2.40 bits per heavy atom. The number of unbranched alkanes of at least 4 members (excludes halogenated alkanes) is 3. The number of piperidine rings is 1. The van der Waals surface area contributed by atoms with Gasteiger partial charge in [0.2, 0.25) is 0 Å². The van der Waals surface area contributed by atoms with Gasteiger partial charge in [0.1, 0.15) is 12.2 Å². The van der Waals surface area contributed by atoms with E-state index in [1.807, 2.05) is 6.92 Å². The monoisotopic (exact) mass is 701 g/mol. The number of nitrogens with two attached hydrogens (primary N) is 1. The number of fused-ring (bicyclic) bond motifs is 5. The van der Waals surface area contributed by atoms with Gasteiger partial charge < -0.3 is 36.2 Å². The lowest BCUT2D eigenvalue weighted by Gasteiger charge is -2.61. The van der Waals surface area contributed by atoms with Crippen LogP contribution in [0.1, 0.15) is 157 Å². The molecule has 7 N–H and O–H groups in total. The highest BCUT2D eigenvalue weighted by Crippen LogP contribution is 2.70. The first-order valence-corrected chi connectivity index (χ1v) is 20.8. The number of aliphatic hydroxyl groups is 4. The van der Waals surface area contributed by atoms with Crippen molar-refractivity contribution >= 4 is 5.78 Å². The van der Waals surface area contributed by atoms with Crippen LogP contribution >= 0.6 is 0 Å². The first-order chi connectivity index (χ1) is 23.5. The molecular weight excluding hydrogens is 628 g/mol. The van der Waals surface area contributed by atoms with Crippen molar-refractivity contribution in [3.05, 3.63) is 11.6 Å². The molecule has 2 heterocycles. The second-order valence-corrected chi connectivity index (χ2v) is 19.2. The fourth-order valence-electron chi connectivity index (χ4n) is 12.6. The van der Waals surface area contributed by atoms with Crippen molar-refractivity contribution in [2.24, 2.45) is 45.7 Å². The normalized spacial score (nSPS) is 44.0. The minimum atomic E-state index is -1.21. The van der Waals surface area contributed by atoms with Crippen LogP contribution in [0.15, 0.2) is 11.6 Å². The summed E-state index contributed by atoms with van der Waals surface area (Å²) in [6, 6.07) is 0. The number of epoxide rings is 1. The predicted octanol–water partition coefficient (Wildman–Crippen LogP) is 6.31. The summed E-state index contributed by atoms with van der Waals surface area (Å²) in [6.07, 6.45) is 16.1. The Labute approximate surface area is 302 Å². The van der Waals surface area contributed by atoms with Gasteiger partial charge in [-0.25, -0.2) is 0 Å². The van der Waals surface area contributed by atoms with E-state index in [1.165, 1.54) is 6.42 Å². The molecule has 2 saturated heterocycles. The standard InChI is InChI=1S/C42H72N2O6/c1-7-9-10-11-18-40-21-13-28(45)25-31(40)32(46)26-30-29(40)14-20-38(5)33(15-22-42(30,38)49)41(48,17-8-2)36-35(50-36)39(6,47)37(3,4)19-12-27-16-23-44-34(43)24-27/h26-29,31,33-36,44-45,47-49H,7-25,43H2,1-6H3. The van der Waals surface area contributed by atoms with Crippen molar-refractivity contribution < 1.29 is 30.0 Å². The largest absolute Gasteiger partial charge is 0.393 e. The van der Waals surface area contributed by atoms with E-state index in [0.717, 1.165) is 95.6 Å². The van der Waals surface area contributed by atoms with E-state index < -0.39 is 45.9 Å². The molecule has 3 saturated carbocycles. The van der Waals surface area contributed by atoms with E-state index in [-0.39, 0.29) is 35.1 Å². The number of carbonyl (C=O) groups is 1. The maximum absolute atomic E-state index is 14.1. The number of ketones is 1. The molecule has 286 valence electrons. The molecule has 0 bridgehead atoms. The molecule has 2 aliphatic heterocycles. The second-order valence-electron chi connectivity index (χ2n) is 19.2. The Bertz CT molecular complexity index is 1270. The molecule has 8 nitrogen and oxygen atoms in total. The summed E-state index contributed by atoms with van der Waals surface area (Å²) in [5.74, 6) is 0.336. The minimum Gasteiger partial charge on any atom is -0.393 e. The van der Waals surface area contributed by atoms with Gasteiger partial charge in [-0.05, 0) is 137 Å². The lowest BCUT2D eigenvalue weighted by atomic mass is 9.44. The lowest BCUT2D eigenvalue weighted by molar-refractivity contribution is -0.160. The molecule has 6 aliphatic rings. The predicted molar refractivity (Wildman–Crippen MR) is 197 cm³/mol. The van der Waals surface area contributed by atoms with Crippen LogP contribution in [-0.4, -0.2) is 74.0 Å². The molecule has 6 rings (SSSR count). The molecule has 50 heavy (non-hydrogen) atoms. The summed E-state index contributed by atoms with van der Waals surface area (Å²) < 4.78 is 6.45. The molecule has 0 aromatic heterocycles. The number of hydrogen-bond acceptors (Lipinski definition) is 8. The molecule has 13 atom stereocenters. The zero-order valence-electron chi connectivity index (χ0n) is 32.3. The number of carbonyl (C=O) groups excluding carboxylic acids is 1. The van der Waals surface area contributed by atoms with Gasteiger partial charge >= 0.3 is 0 Å². The van der Waals surface area contributed by atoms with E-state index in [9.17, 15) is 25.2 Å². The lowest BCUT2D eigenvalue weighted by Crippen LogP contribution is -2.62. The average Bonchev–Trinajstić information content (AvgIpc) is 3.83. The Balaban J connectivity index is 1.24. The van der Waals surface area contributed by atoms with Crippen LogP contribution in [0.3, 0.4) is 0 Å². The molecule has 0 aromatic rings. The van der Waals surface area contributed by atoms with Crippen molar-refractivity contribution in [2.75, 3.05) is 6.54 Å². The number of rotatable bonds is 14. The quantitative estimate of drug-likeness (QED) is 0.0913. The van der Waals surface area contributed by atoms with Crippen LogP contribution in [0.4, 0.5) is 0 Å². The van der Waals surface area contributed by atoms with E-state index in [2.05, 4.69) is 39.9 Å². The molecule has 8 heteroatoms. The summed E-state index contributed by atoms with van der Waals surface area (Å²) in [4.78, 5) is 14.1. The summed E-state index contributed by atoms with van der Waals surface area (Å²) >= 11 is 0. The molecule has 5 fully saturated rings. The average molecular weight is 701 g/mol. The summed E-state index contributed by atoms with van der Waals surface area (Å²) in [5, 5.41) is 52.2. The highest BCUT2D eigenvalue weighted by Gasteiger charge is 2.73. The number of ether oxygens (including phenoxy) is 1. The molecule has 0 aromatic carbocycles. The van der Waals surface area contributed by atoms with Crippen LogP contribution in [0.25, 0.3) is 0 Å². The van der Waals surface area contributed by atoms with E-state index in [4.69, 9.17) is 10.5 Å². The van der Waals surface area contributed by atoms with Crippen LogP contribution in [0.2, 0.25) is 0 Å². The van der Waals surface area contributed by atoms with Gasteiger partial charge in [-0.15, -0.1) is 0 Å². The zero-order chi connectivity index (χ0) is 36.3. The van der Waals surface area contributed by atoms with Gasteiger partial charge in [-0.3, -0.25) is 4.79 Å². The Morgan fingerprint density at radius 1 is 0.940 bits per heavy atom. The van der Waals surface area contributed by atoms with Crippen LogP contribution < -0.4 is 11.1 Å². The number of aliphatic hydroxyl groups excluding tert-OH is 1. The molecule has 13 unspecified atom stereocenters. The molecule has 0 spiro atoms. The third-order valence-corrected chi connectivity index (χ3v) is 16.2. The Morgan fingerprint density at radius 2 is 1.70 bits per heavy atom. The Hall–Kier alpha value is -0.870. The highest BCUT2D eigenvalue weighted by atomic mass is 16.6. The highest BCUT2D eigenvalue weighted by molar-refractivity contribution is 5.95. The number of hydrogen-bond donors (Lipinski definition) is 6. The maximum atomic E-state index is 14.1. The molecular formula is C42H72N2O6. The van der Waals surface area contributed by atoms with Gasteiger partial charge in [0.05, 0.1) is 29.1 Å². The number of nitrogens with one attached hydrogen (secondary N) is 1. The molecule has 4 aliphatic carbocycles. The van der Waals surface area contributed by atoms with Gasteiger partial charge in [0.15, 0.2) is 5.78 Å². The van der Waals surface area contributed by atoms with Gasteiger partial charge in [0.25, 0.3) is 0 Å². The summed E-state index contributed by atoms with van der Waals surface area (Å²) in [5.41, 5.74) is 2.29. The molecule has 0 radical (unpaired) electrons. The van der Waals surface area contributed by atoms with E-state index in [1.54, 1.807) is 6.08 Å². The first kappa shape index (κ1) is 38.8. The van der Waals surface area contributed by atoms with Crippen molar-refractivity contribution in [3.63, 3.8) is 0 Å². The third-order valence-electron chi connectivity index (χ3n) is 16.2. The van der Waals surface area contributed by atoms with Crippen molar-refractivity contribution in [1.82, 2.24) is 5.32 Å². The van der Waals surface area contributed by atoms with Gasteiger partial charge in [-0.1, -0.05) is 66.7 Å². The van der Waals surface area contributed by atoms with Gasteiger partial charge in [-0.2, -0.15) is 0 Å². The van der Waals surface area contributed by atoms with E-state index >= 15 is 0 Å². The minimum absolute atomic E-state index is 0.0369. The summed E-state index contributed by atoms with van der Waals surface area (Å²) in [7, 11) is 0. The Kier molecular flexibility index (Phi) is 10.9. The fourth-order valence-corrected chi connectivity index (χ4v) is 12.6.